The molecule has 0 bridgehead atoms. The number of fused-ring (bicyclic) bond motifs is 25. The van der Waals surface area contributed by atoms with Gasteiger partial charge in [-0.25, -0.2) is 0 Å². The molecule has 0 fully saturated rings. The van der Waals surface area contributed by atoms with E-state index in [4.69, 9.17) is 4.42 Å². The van der Waals surface area contributed by atoms with Gasteiger partial charge in [-0.1, -0.05) is 237 Å². The molecule has 384 valence electrons. The van der Waals surface area contributed by atoms with Crippen LogP contribution in [0.1, 0.15) is 44.5 Å². The summed E-state index contributed by atoms with van der Waals surface area (Å²) in [6, 6.07) is 109. The lowest BCUT2D eigenvalue weighted by Crippen LogP contribution is -2.33. The fourth-order valence-electron chi connectivity index (χ4n) is 16.1. The topological polar surface area (TPSA) is 21.3 Å². The standard InChI is InChI=1S/C80H48N2O/c1-7-28-65-56(18-1)57-19-2-8-29-66(57)79(65)67-30-9-3-20-58(67)59-47-46-53(48-72(59)79)81(52-44-40-50(41-45-52)55-25-15-27-63-61-22-6-14-37-75(61)83-78(55)63)51-42-38-49(39-43-51)54-24-16-33-70-76(54)64-23-4-10-31-68(64)80(70)69-32-11-13-36-74(69)82-73-35-12-5-21-60(73)62-26-17-34-71(80)77(62)82/h1-48H. The zero-order chi connectivity index (χ0) is 54.1. The lowest BCUT2D eigenvalue weighted by Gasteiger charge is -2.39. The molecule has 2 spiro atoms. The maximum Gasteiger partial charge on any atom is 0.143 e. The Balaban J connectivity index is 0.800. The molecule has 15 aromatic rings. The van der Waals surface area contributed by atoms with Gasteiger partial charge in [0.1, 0.15) is 11.2 Å². The first-order valence-corrected chi connectivity index (χ1v) is 28.9. The summed E-state index contributed by atoms with van der Waals surface area (Å²) in [4.78, 5) is 2.46. The van der Waals surface area contributed by atoms with Gasteiger partial charge in [-0.05, 0) is 149 Å². The number of benzene rings is 13. The van der Waals surface area contributed by atoms with Gasteiger partial charge >= 0.3 is 0 Å². The van der Waals surface area contributed by atoms with Crippen molar-refractivity contribution in [2.24, 2.45) is 0 Å². The normalized spacial score (nSPS) is 15.1. The monoisotopic (exact) mass is 1050 g/mol. The molecule has 13 aromatic carbocycles. The highest BCUT2D eigenvalue weighted by Gasteiger charge is 2.53. The van der Waals surface area contributed by atoms with E-state index in [0.29, 0.717) is 0 Å². The highest BCUT2D eigenvalue weighted by molar-refractivity contribution is 6.14. The van der Waals surface area contributed by atoms with E-state index in [1.807, 2.05) is 6.07 Å². The maximum atomic E-state index is 6.59. The number of anilines is 3. The van der Waals surface area contributed by atoms with Crippen LogP contribution in [0.3, 0.4) is 0 Å². The van der Waals surface area contributed by atoms with Crippen molar-refractivity contribution in [2.45, 2.75) is 10.8 Å². The minimum atomic E-state index is -0.536. The van der Waals surface area contributed by atoms with Crippen LogP contribution in [0.15, 0.2) is 296 Å². The molecular formula is C80H48N2O. The molecule has 19 rings (SSSR count). The largest absolute Gasteiger partial charge is 0.455 e. The summed E-state index contributed by atoms with van der Waals surface area (Å²) in [5.41, 5.74) is 30.6. The number of para-hydroxylation sites is 5. The Bertz CT molecular complexity index is 5220. The van der Waals surface area contributed by atoms with Crippen molar-refractivity contribution in [1.29, 1.82) is 0 Å². The second-order valence-corrected chi connectivity index (χ2v) is 22.9. The SMILES string of the molecule is c1ccc2c(c1)-c1ccccc1C21c2ccccc2-c2ccc(N(c3ccc(-c4cccc5c4-c4ccccc4C54c5ccccc5-n5c6ccccc6c6cccc4c65)cc3)c3ccc(-c4cccc5c4oc4ccccc45)cc3)cc21. The van der Waals surface area contributed by atoms with Crippen LogP contribution in [0.4, 0.5) is 17.1 Å². The Labute approximate surface area is 479 Å². The summed E-state index contributed by atoms with van der Waals surface area (Å²) in [5, 5.41) is 4.82. The van der Waals surface area contributed by atoms with E-state index in [1.54, 1.807) is 0 Å². The number of nitrogens with zero attached hydrogens (tertiary/aromatic N) is 2. The van der Waals surface area contributed by atoms with Gasteiger partial charge in [0.25, 0.3) is 0 Å². The summed E-state index contributed by atoms with van der Waals surface area (Å²) >= 11 is 0. The van der Waals surface area contributed by atoms with Gasteiger partial charge in [0.2, 0.25) is 0 Å². The Morgan fingerprint density at radius 2 is 0.747 bits per heavy atom. The molecule has 0 radical (unpaired) electrons. The third-order valence-electron chi connectivity index (χ3n) is 19.2. The summed E-state index contributed by atoms with van der Waals surface area (Å²) in [6.45, 7) is 0. The smallest absolute Gasteiger partial charge is 0.143 e. The van der Waals surface area contributed by atoms with E-state index >= 15 is 0 Å². The highest BCUT2D eigenvalue weighted by Crippen LogP contribution is 2.65. The molecule has 3 heterocycles. The van der Waals surface area contributed by atoms with Crippen molar-refractivity contribution in [1.82, 2.24) is 4.57 Å². The summed E-state index contributed by atoms with van der Waals surface area (Å²) in [5.74, 6) is 0. The number of rotatable bonds is 5. The van der Waals surface area contributed by atoms with Crippen molar-refractivity contribution >= 4 is 60.8 Å². The number of furan rings is 1. The second-order valence-electron chi connectivity index (χ2n) is 22.9. The Morgan fingerprint density at radius 1 is 0.289 bits per heavy atom. The fourth-order valence-corrected chi connectivity index (χ4v) is 16.1. The third-order valence-corrected chi connectivity index (χ3v) is 19.2. The molecule has 1 aliphatic heterocycles. The lowest BCUT2D eigenvalue weighted by atomic mass is 9.65. The van der Waals surface area contributed by atoms with E-state index in [9.17, 15) is 0 Å². The van der Waals surface area contributed by atoms with Gasteiger partial charge in [0.05, 0.1) is 27.6 Å². The maximum absolute atomic E-state index is 6.59. The number of hydrogen-bond acceptors (Lipinski definition) is 2. The van der Waals surface area contributed by atoms with Crippen LogP contribution in [0.25, 0.3) is 105 Å². The molecule has 83 heavy (non-hydrogen) atoms. The van der Waals surface area contributed by atoms with Crippen LogP contribution in [-0.2, 0) is 10.8 Å². The van der Waals surface area contributed by atoms with Crippen molar-refractivity contribution in [2.75, 3.05) is 4.90 Å². The highest BCUT2D eigenvalue weighted by atomic mass is 16.3. The van der Waals surface area contributed by atoms with E-state index < -0.39 is 10.8 Å². The van der Waals surface area contributed by atoms with Crippen LogP contribution in [0, 0.1) is 0 Å². The van der Waals surface area contributed by atoms with Gasteiger partial charge < -0.3 is 13.9 Å². The number of hydrogen-bond donors (Lipinski definition) is 0. The average molecular weight is 1050 g/mol. The van der Waals surface area contributed by atoms with E-state index in [0.717, 1.165) is 50.1 Å². The number of aromatic nitrogens is 1. The van der Waals surface area contributed by atoms with Crippen LogP contribution in [0.5, 0.6) is 0 Å². The van der Waals surface area contributed by atoms with Crippen molar-refractivity contribution in [3.63, 3.8) is 0 Å². The van der Waals surface area contributed by atoms with Crippen molar-refractivity contribution in [3.05, 3.63) is 336 Å². The van der Waals surface area contributed by atoms with Gasteiger partial charge in [-0.2, -0.15) is 0 Å². The van der Waals surface area contributed by atoms with Crippen molar-refractivity contribution < 1.29 is 4.42 Å². The molecule has 0 saturated heterocycles. The molecule has 0 N–H and O–H groups in total. The zero-order valence-corrected chi connectivity index (χ0v) is 45.0. The predicted octanol–water partition coefficient (Wildman–Crippen LogP) is 20.5. The molecule has 3 nitrogen and oxygen atoms in total. The molecule has 3 aliphatic carbocycles. The first-order valence-electron chi connectivity index (χ1n) is 28.9. The van der Waals surface area contributed by atoms with Gasteiger partial charge in [-0.3, -0.25) is 0 Å². The molecule has 4 aliphatic rings. The Kier molecular flexibility index (Phi) is 8.92. The minimum Gasteiger partial charge on any atom is -0.455 e. The van der Waals surface area contributed by atoms with Crippen LogP contribution >= 0.6 is 0 Å². The Morgan fingerprint density at radius 3 is 1.46 bits per heavy atom. The second kappa shape index (κ2) is 16.4. The molecular weight excluding hydrogens is 1000 g/mol. The minimum absolute atomic E-state index is 0.484. The molecule has 2 aromatic heterocycles. The first-order chi connectivity index (χ1) is 41.2. The van der Waals surface area contributed by atoms with Gasteiger partial charge in [0, 0.05) is 44.2 Å². The first kappa shape index (κ1) is 45.0. The van der Waals surface area contributed by atoms with E-state index in [2.05, 4.69) is 295 Å². The predicted molar refractivity (Wildman–Crippen MR) is 341 cm³/mol. The molecule has 0 saturated carbocycles. The Hall–Kier alpha value is -10.7. The van der Waals surface area contributed by atoms with Gasteiger partial charge in [-0.15, -0.1) is 0 Å². The van der Waals surface area contributed by atoms with E-state index in [-0.39, 0.29) is 0 Å². The third kappa shape index (κ3) is 5.68. The van der Waals surface area contributed by atoms with Crippen molar-refractivity contribution in [3.8, 4) is 61.3 Å². The van der Waals surface area contributed by atoms with Crippen LogP contribution in [0.2, 0.25) is 0 Å². The van der Waals surface area contributed by atoms with Gasteiger partial charge in [0.15, 0.2) is 0 Å². The molecule has 3 heteroatoms. The zero-order valence-electron chi connectivity index (χ0n) is 45.0. The van der Waals surface area contributed by atoms with E-state index in [1.165, 1.54) is 117 Å². The molecule has 1 atom stereocenters. The quantitative estimate of drug-likeness (QED) is 0.171. The molecule has 0 amide bonds. The average Bonchev–Trinajstić information content (AvgIpc) is 2.20. The van der Waals surface area contributed by atoms with Crippen LogP contribution in [-0.4, -0.2) is 4.57 Å². The summed E-state index contributed by atoms with van der Waals surface area (Å²) in [6.07, 6.45) is 0. The van der Waals surface area contributed by atoms with Crippen LogP contribution < -0.4 is 4.90 Å². The summed E-state index contributed by atoms with van der Waals surface area (Å²) in [7, 11) is 0. The molecule has 1 unspecified atom stereocenters. The fraction of sp³-hybridized carbons (Fsp3) is 0.0250. The summed E-state index contributed by atoms with van der Waals surface area (Å²) < 4.78 is 9.11. The lowest BCUT2D eigenvalue weighted by molar-refractivity contribution is 0.670.